The number of aromatic nitrogens is 2. The molecule has 0 spiro atoms. The van der Waals surface area contributed by atoms with Crippen LogP contribution in [0.2, 0.25) is 0 Å². The summed E-state index contributed by atoms with van der Waals surface area (Å²) in [7, 11) is -3.24. The zero-order valence-corrected chi connectivity index (χ0v) is 20.5. The maximum absolute atomic E-state index is 12.4. The highest BCUT2D eigenvalue weighted by Gasteiger charge is 2.35. The van der Waals surface area contributed by atoms with E-state index >= 15 is 0 Å². The molecule has 10 heteroatoms. The third-order valence-corrected chi connectivity index (χ3v) is 7.01. The van der Waals surface area contributed by atoms with Gasteiger partial charge in [0.1, 0.15) is 23.6 Å². The number of sulfone groups is 1. The molecule has 9 nitrogen and oxygen atoms in total. The number of anilines is 3. The smallest absolute Gasteiger partial charge is 0.410 e. The Hall–Kier alpha value is -2.88. The lowest BCUT2D eigenvalue weighted by Gasteiger charge is -2.24. The number of ether oxygens (including phenoxy) is 1. The summed E-state index contributed by atoms with van der Waals surface area (Å²) in [6, 6.07) is 7.16. The number of carbonyl (C=O) groups is 1. The average molecular weight is 474 g/mol. The Morgan fingerprint density at radius 1 is 1.18 bits per heavy atom. The summed E-state index contributed by atoms with van der Waals surface area (Å²) >= 11 is 0. The fourth-order valence-electron chi connectivity index (χ4n) is 4.24. The first-order valence-electron chi connectivity index (χ1n) is 11.1. The van der Waals surface area contributed by atoms with Crippen molar-refractivity contribution in [1.29, 1.82) is 0 Å². The highest BCUT2D eigenvalue weighted by Crippen LogP contribution is 2.35. The van der Waals surface area contributed by atoms with Crippen LogP contribution in [0.4, 0.5) is 22.1 Å². The first kappa shape index (κ1) is 23.3. The quantitative estimate of drug-likeness (QED) is 0.722. The van der Waals surface area contributed by atoms with Crippen LogP contribution in [0.5, 0.6) is 0 Å². The molecule has 2 aliphatic heterocycles. The second kappa shape index (κ2) is 8.48. The van der Waals surface area contributed by atoms with Gasteiger partial charge in [-0.2, -0.15) is 0 Å². The van der Waals surface area contributed by atoms with Gasteiger partial charge in [0.05, 0.1) is 4.90 Å². The Labute approximate surface area is 195 Å². The maximum atomic E-state index is 12.4. The Morgan fingerprint density at radius 2 is 1.94 bits per heavy atom. The number of hydrogen-bond donors (Lipinski definition) is 1. The number of hydrogen-bond acceptors (Lipinski definition) is 8. The summed E-state index contributed by atoms with van der Waals surface area (Å²) in [6.45, 7) is 9.55. The average Bonchev–Trinajstić information content (AvgIpc) is 3.29. The van der Waals surface area contributed by atoms with Crippen molar-refractivity contribution in [3.63, 3.8) is 0 Å². The molecule has 0 radical (unpaired) electrons. The normalized spacial score (nSPS) is 20.6. The second-order valence-electron chi connectivity index (χ2n) is 9.84. The molecule has 178 valence electrons. The van der Waals surface area contributed by atoms with E-state index in [4.69, 9.17) is 4.74 Å². The van der Waals surface area contributed by atoms with Crippen LogP contribution in [0.15, 0.2) is 35.5 Å². The van der Waals surface area contributed by atoms with Crippen LogP contribution in [-0.2, 0) is 21.0 Å². The van der Waals surface area contributed by atoms with Crippen LogP contribution in [0.3, 0.4) is 0 Å². The summed E-state index contributed by atoms with van der Waals surface area (Å²) in [6.07, 6.45) is 3.18. The molecule has 2 unspecified atom stereocenters. The van der Waals surface area contributed by atoms with E-state index in [1.54, 1.807) is 17.0 Å². The van der Waals surface area contributed by atoms with Gasteiger partial charge in [0.2, 0.25) is 0 Å². The van der Waals surface area contributed by atoms with Gasteiger partial charge in [-0.15, -0.1) is 0 Å². The Bertz CT molecular complexity index is 1160. The molecule has 3 heterocycles. The van der Waals surface area contributed by atoms with Gasteiger partial charge in [0.25, 0.3) is 0 Å². The minimum atomic E-state index is -3.24. The van der Waals surface area contributed by atoms with E-state index in [-0.39, 0.29) is 18.1 Å². The zero-order valence-electron chi connectivity index (χ0n) is 19.7. The van der Waals surface area contributed by atoms with Crippen LogP contribution in [0, 0.1) is 5.92 Å². The van der Waals surface area contributed by atoms with Crippen molar-refractivity contribution in [2.45, 2.75) is 50.7 Å². The molecule has 1 saturated heterocycles. The lowest BCUT2D eigenvalue weighted by Crippen LogP contribution is -2.36. The predicted molar refractivity (Wildman–Crippen MR) is 127 cm³/mol. The topological polar surface area (TPSA) is 105 Å². The molecule has 2 aromatic rings. The largest absolute Gasteiger partial charge is 0.444 e. The number of benzene rings is 1. The van der Waals surface area contributed by atoms with Gasteiger partial charge in [-0.25, -0.2) is 23.2 Å². The molecule has 4 rings (SSSR count). The fourth-order valence-corrected chi connectivity index (χ4v) is 4.91. The van der Waals surface area contributed by atoms with Crippen LogP contribution >= 0.6 is 0 Å². The first-order valence-corrected chi connectivity index (χ1v) is 13.0. The lowest BCUT2D eigenvalue weighted by molar-refractivity contribution is 0.0288. The van der Waals surface area contributed by atoms with E-state index in [1.165, 1.54) is 12.6 Å². The number of amides is 1. The third-order valence-electron chi connectivity index (χ3n) is 5.90. The van der Waals surface area contributed by atoms with Crippen molar-refractivity contribution in [1.82, 2.24) is 14.9 Å². The number of likely N-dealkylation sites (tertiary alicyclic amines) is 1. The van der Waals surface area contributed by atoms with Gasteiger partial charge in [0.15, 0.2) is 9.84 Å². The molecule has 1 fully saturated rings. The molecule has 1 N–H and O–H groups in total. The van der Waals surface area contributed by atoms with Gasteiger partial charge >= 0.3 is 6.09 Å². The molecule has 0 bridgehead atoms. The standard InChI is InChI=1S/C23H31N5O4S/c1-15-12-27(22(29)32-23(2,3)4)13-18(15)26-20-11-21(25-14-24-20)28-9-8-16-10-17(33(5,30)31)6-7-19(16)28/h6-7,10-11,14-15,18H,8-9,12-13H2,1-5H3,(H,24,25,26). The molecule has 1 aromatic carbocycles. The molecule has 0 saturated carbocycles. The van der Waals surface area contributed by atoms with Crippen molar-refractivity contribution in [3.8, 4) is 0 Å². The van der Waals surface area contributed by atoms with Gasteiger partial charge in [0, 0.05) is 43.7 Å². The minimum Gasteiger partial charge on any atom is -0.444 e. The van der Waals surface area contributed by atoms with E-state index in [1.807, 2.05) is 32.9 Å². The SMILES string of the molecule is CC1CN(C(=O)OC(C)(C)C)CC1Nc1cc(N2CCc3cc(S(C)(=O)=O)ccc32)ncn1. The minimum absolute atomic E-state index is 0.0449. The molecule has 33 heavy (non-hydrogen) atoms. The Balaban J connectivity index is 1.47. The van der Waals surface area contributed by atoms with Crippen LogP contribution in [0.1, 0.15) is 33.3 Å². The molecule has 1 amide bonds. The molecular weight excluding hydrogens is 442 g/mol. The van der Waals surface area contributed by atoms with Gasteiger partial charge < -0.3 is 19.9 Å². The molecular formula is C23H31N5O4S. The number of nitrogens with zero attached hydrogens (tertiary/aromatic N) is 4. The van der Waals surface area contributed by atoms with E-state index in [2.05, 4.69) is 27.1 Å². The third kappa shape index (κ3) is 5.21. The van der Waals surface area contributed by atoms with Gasteiger partial charge in [-0.1, -0.05) is 6.92 Å². The highest BCUT2D eigenvalue weighted by molar-refractivity contribution is 7.90. The fraction of sp³-hybridized carbons (Fsp3) is 0.522. The highest BCUT2D eigenvalue weighted by atomic mass is 32.2. The summed E-state index contributed by atoms with van der Waals surface area (Å²) in [5.74, 6) is 1.66. The number of nitrogens with one attached hydrogen (secondary N) is 1. The summed E-state index contributed by atoms with van der Waals surface area (Å²) in [4.78, 5) is 25.4. The van der Waals surface area contributed by atoms with Crippen molar-refractivity contribution >= 4 is 33.3 Å². The summed E-state index contributed by atoms with van der Waals surface area (Å²) in [5.41, 5.74) is 1.42. The second-order valence-corrected chi connectivity index (χ2v) is 11.9. The van der Waals surface area contributed by atoms with Crippen LogP contribution in [0.25, 0.3) is 0 Å². The summed E-state index contributed by atoms with van der Waals surface area (Å²) in [5, 5.41) is 3.45. The van der Waals surface area contributed by atoms with Crippen molar-refractivity contribution in [2.24, 2.45) is 5.92 Å². The van der Waals surface area contributed by atoms with E-state index in [0.717, 1.165) is 23.5 Å². The number of fused-ring (bicyclic) bond motifs is 1. The van der Waals surface area contributed by atoms with Crippen molar-refractivity contribution in [2.75, 3.05) is 36.1 Å². The molecule has 2 atom stereocenters. The monoisotopic (exact) mass is 473 g/mol. The molecule has 0 aliphatic carbocycles. The van der Waals surface area contributed by atoms with E-state index in [0.29, 0.717) is 30.3 Å². The van der Waals surface area contributed by atoms with Gasteiger partial charge in [-0.05, 0) is 56.9 Å². The van der Waals surface area contributed by atoms with E-state index in [9.17, 15) is 13.2 Å². The number of rotatable bonds is 4. The van der Waals surface area contributed by atoms with Crippen LogP contribution in [-0.4, -0.2) is 66.9 Å². The predicted octanol–water partition coefficient (Wildman–Crippen LogP) is 3.24. The molecule has 2 aliphatic rings. The Morgan fingerprint density at radius 3 is 2.64 bits per heavy atom. The zero-order chi connectivity index (χ0) is 24.0. The van der Waals surface area contributed by atoms with Crippen molar-refractivity contribution < 1.29 is 17.9 Å². The summed E-state index contributed by atoms with van der Waals surface area (Å²) < 4.78 is 29.3. The maximum Gasteiger partial charge on any atom is 0.410 e. The van der Waals surface area contributed by atoms with Crippen LogP contribution < -0.4 is 10.2 Å². The Kier molecular flexibility index (Phi) is 5.98. The van der Waals surface area contributed by atoms with Gasteiger partial charge in [-0.3, -0.25) is 0 Å². The molecule has 1 aromatic heterocycles. The van der Waals surface area contributed by atoms with E-state index < -0.39 is 15.4 Å². The lowest BCUT2D eigenvalue weighted by atomic mass is 10.1. The number of carbonyl (C=O) groups excluding carboxylic acids is 1. The first-order chi connectivity index (χ1) is 15.4. The van der Waals surface area contributed by atoms with Crippen molar-refractivity contribution in [3.05, 3.63) is 36.2 Å².